The largest absolute Gasteiger partial charge is 0.409 e. The first-order valence-electron chi connectivity index (χ1n) is 5.95. The number of rotatable bonds is 5. The predicted octanol–water partition coefficient (Wildman–Crippen LogP) is 3.71. The van der Waals surface area contributed by atoms with E-state index in [1.807, 2.05) is 24.3 Å². The Bertz CT molecular complexity index is 356. The first-order chi connectivity index (χ1) is 8.22. The number of amidine groups is 1. The van der Waals surface area contributed by atoms with E-state index in [2.05, 4.69) is 39.8 Å². The predicted molar refractivity (Wildman–Crippen MR) is 74.6 cm³/mol. The van der Waals surface area contributed by atoms with Crippen LogP contribution in [-0.2, 0) is 0 Å². The Hall–Kier alpha value is -1.03. The van der Waals surface area contributed by atoms with Gasteiger partial charge in [0.15, 0.2) is 5.84 Å². The topological polar surface area (TPSA) is 35.8 Å². The summed E-state index contributed by atoms with van der Waals surface area (Å²) in [5.41, 5.74) is 0.942. The van der Waals surface area contributed by atoms with Crippen LogP contribution in [-0.4, -0.2) is 29.0 Å². The average molecular weight is 299 g/mol. The molecule has 1 aromatic carbocycles. The maximum atomic E-state index is 9.21. The third-order valence-corrected chi connectivity index (χ3v) is 3.01. The number of halogens is 1. The van der Waals surface area contributed by atoms with Gasteiger partial charge in [-0.25, -0.2) is 0 Å². The molecule has 0 aliphatic rings. The molecule has 1 aromatic rings. The van der Waals surface area contributed by atoms with Gasteiger partial charge in [0.2, 0.25) is 0 Å². The second kappa shape index (κ2) is 7.33. The summed E-state index contributed by atoms with van der Waals surface area (Å²) < 4.78 is 1.02. The van der Waals surface area contributed by atoms with Gasteiger partial charge in [-0.3, -0.25) is 0 Å². The molecule has 3 nitrogen and oxygen atoms in total. The average Bonchev–Trinajstić information content (AvgIpc) is 2.33. The van der Waals surface area contributed by atoms with E-state index in [4.69, 9.17) is 0 Å². The molecule has 0 aliphatic heterocycles. The van der Waals surface area contributed by atoms with Crippen LogP contribution in [0.2, 0.25) is 0 Å². The molecule has 0 saturated heterocycles. The van der Waals surface area contributed by atoms with E-state index in [1.54, 1.807) is 0 Å². The number of hydrogen-bond donors (Lipinski definition) is 1. The molecule has 1 N–H and O–H groups in total. The highest BCUT2D eigenvalue weighted by Gasteiger charge is 2.12. The molecule has 0 unspecified atom stereocenters. The van der Waals surface area contributed by atoms with Gasteiger partial charge in [0.1, 0.15) is 0 Å². The molecule has 0 heterocycles. The molecule has 4 heteroatoms. The van der Waals surface area contributed by atoms with Crippen LogP contribution in [0.25, 0.3) is 0 Å². The monoisotopic (exact) mass is 298 g/mol. The molecular weight excluding hydrogens is 280 g/mol. The van der Waals surface area contributed by atoms with Crippen molar-refractivity contribution in [1.29, 1.82) is 0 Å². The third-order valence-electron chi connectivity index (χ3n) is 2.48. The van der Waals surface area contributed by atoms with Gasteiger partial charge in [-0.2, -0.15) is 0 Å². The second-order valence-corrected chi connectivity index (χ2v) is 4.83. The van der Waals surface area contributed by atoms with Gasteiger partial charge in [-0.15, -0.1) is 0 Å². The van der Waals surface area contributed by atoms with Crippen molar-refractivity contribution in [2.45, 2.75) is 26.7 Å². The van der Waals surface area contributed by atoms with Gasteiger partial charge in [0.25, 0.3) is 0 Å². The first-order valence-corrected chi connectivity index (χ1v) is 6.75. The van der Waals surface area contributed by atoms with Crippen LogP contribution in [0.3, 0.4) is 0 Å². The second-order valence-electron chi connectivity index (χ2n) is 3.92. The highest BCUT2D eigenvalue weighted by molar-refractivity contribution is 9.10. The third kappa shape index (κ3) is 4.04. The van der Waals surface area contributed by atoms with Crippen LogP contribution in [0.5, 0.6) is 0 Å². The zero-order valence-corrected chi connectivity index (χ0v) is 11.9. The van der Waals surface area contributed by atoms with Gasteiger partial charge in [0.05, 0.1) is 0 Å². The number of oxime groups is 1. The lowest BCUT2D eigenvalue weighted by atomic mass is 10.2. The summed E-state index contributed by atoms with van der Waals surface area (Å²) in [5.74, 6) is 0.654. The lowest BCUT2D eigenvalue weighted by molar-refractivity contribution is 0.300. The summed E-state index contributed by atoms with van der Waals surface area (Å²) in [6.45, 7) is 6.06. The molecule has 0 amide bonds. The highest BCUT2D eigenvalue weighted by Crippen LogP contribution is 2.13. The molecule has 0 saturated carbocycles. The van der Waals surface area contributed by atoms with Gasteiger partial charge in [-0.05, 0) is 25.0 Å². The van der Waals surface area contributed by atoms with Crippen molar-refractivity contribution in [3.8, 4) is 0 Å². The van der Waals surface area contributed by atoms with Crippen LogP contribution < -0.4 is 0 Å². The summed E-state index contributed by atoms with van der Waals surface area (Å²) >= 11 is 3.40. The molecule has 0 aromatic heterocycles. The molecule has 0 spiro atoms. The van der Waals surface area contributed by atoms with E-state index in [-0.39, 0.29) is 0 Å². The molecule has 17 heavy (non-hydrogen) atoms. The summed E-state index contributed by atoms with van der Waals surface area (Å²) in [6, 6.07) is 7.82. The standard InChI is InChI=1S/C13H19BrN2O/c1-3-9-16(10-4-2)13(15-17)11-5-7-12(14)8-6-11/h5-8,17H,3-4,9-10H2,1-2H3/b15-13-. The molecule has 0 aliphatic carbocycles. The van der Waals surface area contributed by atoms with Crippen molar-refractivity contribution < 1.29 is 5.21 Å². The van der Waals surface area contributed by atoms with Crippen LogP contribution in [0.4, 0.5) is 0 Å². The molecule has 0 bridgehead atoms. The molecule has 0 fully saturated rings. The Balaban J connectivity index is 2.92. The van der Waals surface area contributed by atoms with Crippen molar-refractivity contribution in [3.63, 3.8) is 0 Å². The summed E-state index contributed by atoms with van der Waals surface area (Å²) in [7, 11) is 0. The zero-order chi connectivity index (χ0) is 12.7. The van der Waals surface area contributed by atoms with Crippen LogP contribution >= 0.6 is 15.9 Å². The van der Waals surface area contributed by atoms with Gasteiger partial charge in [0, 0.05) is 23.1 Å². The molecule has 1 rings (SSSR count). The molecule has 0 atom stereocenters. The maximum Gasteiger partial charge on any atom is 0.175 e. The quantitative estimate of drug-likeness (QED) is 0.389. The molecule has 94 valence electrons. The fourth-order valence-electron chi connectivity index (χ4n) is 1.77. The van der Waals surface area contributed by atoms with Crippen LogP contribution in [0.1, 0.15) is 32.3 Å². The fraction of sp³-hybridized carbons (Fsp3) is 0.462. The van der Waals surface area contributed by atoms with Gasteiger partial charge < -0.3 is 10.1 Å². The van der Waals surface area contributed by atoms with Crippen molar-refractivity contribution in [3.05, 3.63) is 34.3 Å². The van der Waals surface area contributed by atoms with E-state index in [0.29, 0.717) is 5.84 Å². The zero-order valence-electron chi connectivity index (χ0n) is 10.4. The Labute approximate surface area is 111 Å². The maximum absolute atomic E-state index is 9.21. The van der Waals surface area contributed by atoms with E-state index in [9.17, 15) is 5.21 Å². The summed E-state index contributed by atoms with van der Waals surface area (Å²) in [6.07, 6.45) is 2.07. The number of benzene rings is 1. The van der Waals surface area contributed by atoms with E-state index < -0.39 is 0 Å². The summed E-state index contributed by atoms with van der Waals surface area (Å²) in [5, 5.41) is 12.7. The Morgan fingerprint density at radius 2 is 1.71 bits per heavy atom. The SMILES string of the molecule is CCCN(CCC)/C(=N\O)c1ccc(Br)cc1. The number of nitrogens with zero attached hydrogens (tertiary/aromatic N) is 2. The first kappa shape index (κ1) is 14.0. The highest BCUT2D eigenvalue weighted by atomic mass is 79.9. The van der Waals surface area contributed by atoms with E-state index in [0.717, 1.165) is 36.0 Å². The minimum absolute atomic E-state index is 0.654. The van der Waals surface area contributed by atoms with Crippen molar-refractivity contribution in [1.82, 2.24) is 4.90 Å². The van der Waals surface area contributed by atoms with Crippen molar-refractivity contribution in [2.24, 2.45) is 5.16 Å². The van der Waals surface area contributed by atoms with Crippen molar-refractivity contribution >= 4 is 21.8 Å². The Kier molecular flexibility index (Phi) is 6.05. The summed E-state index contributed by atoms with van der Waals surface area (Å²) in [4.78, 5) is 2.11. The number of hydrogen-bond acceptors (Lipinski definition) is 2. The van der Waals surface area contributed by atoms with E-state index >= 15 is 0 Å². The van der Waals surface area contributed by atoms with Crippen LogP contribution in [0.15, 0.2) is 33.9 Å². The minimum atomic E-state index is 0.654. The van der Waals surface area contributed by atoms with Crippen LogP contribution in [0, 0.1) is 0 Å². The van der Waals surface area contributed by atoms with Gasteiger partial charge >= 0.3 is 0 Å². The molecule has 0 radical (unpaired) electrons. The lowest BCUT2D eigenvalue weighted by Crippen LogP contribution is -2.33. The minimum Gasteiger partial charge on any atom is -0.409 e. The van der Waals surface area contributed by atoms with Gasteiger partial charge in [-0.1, -0.05) is 47.1 Å². The Morgan fingerprint density at radius 3 is 2.12 bits per heavy atom. The smallest absolute Gasteiger partial charge is 0.175 e. The lowest BCUT2D eigenvalue weighted by Gasteiger charge is -2.24. The van der Waals surface area contributed by atoms with Crippen molar-refractivity contribution in [2.75, 3.05) is 13.1 Å². The normalized spacial score (nSPS) is 11.6. The van der Waals surface area contributed by atoms with E-state index in [1.165, 1.54) is 0 Å². The fourth-order valence-corrected chi connectivity index (χ4v) is 2.03. The Morgan fingerprint density at radius 1 is 1.18 bits per heavy atom. The molecular formula is C13H19BrN2O.